The molecule has 4 heteroatoms. The second-order valence-electron chi connectivity index (χ2n) is 8.06. The maximum Gasteiger partial charge on any atom is 0.233 e. The van der Waals surface area contributed by atoms with Gasteiger partial charge in [0.1, 0.15) is 0 Å². The molecule has 2 fully saturated rings. The molecular formula is C19H29ClN2O. The van der Waals surface area contributed by atoms with Crippen molar-refractivity contribution in [2.45, 2.75) is 63.3 Å². The monoisotopic (exact) mass is 336 g/mol. The Morgan fingerprint density at radius 2 is 1.83 bits per heavy atom. The van der Waals surface area contributed by atoms with Gasteiger partial charge in [0.25, 0.3) is 0 Å². The molecule has 1 saturated carbocycles. The Hall–Kier alpha value is -1.06. The first-order valence-corrected chi connectivity index (χ1v) is 8.49. The van der Waals surface area contributed by atoms with Crippen LogP contribution in [0.25, 0.3) is 0 Å². The van der Waals surface area contributed by atoms with E-state index in [0.717, 1.165) is 38.8 Å². The van der Waals surface area contributed by atoms with Crippen molar-refractivity contribution in [1.29, 1.82) is 0 Å². The molecule has 0 unspecified atom stereocenters. The highest BCUT2D eigenvalue weighted by molar-refractivity contribution is 5.89. The van der Waals surface area contributed by atoms with Crippen LogP contribution in [0.1, 0.15) is 57.6 Å². The van der Waals surface area contributed by atoms with Crippen molar-refractivity contribution >= 4 is 18.3 Å². The van der Waals surface area contributed by atoms with Gasteiger partial charge in [-0.3, -0.25) is 4.79 Å². The number of rotatable bonds is 2. The van der Waals surface area contributed by atoms with Gasteiger partial charge in [0.15, 0.2) is 0 Å². The van der Waals surface area contributed by atoms with Crippen molar-refractivity contribution in [3.8, 4) is 0 Å². The first kappa shape index (κ1) is 18.3. The number of carbonyl (C=O) groups is 1. The predicted molar refractivity (Wildman–Crippen MR) is 97.1 cm³/mol. The molecule has 2 N–H and O–H groups in total. The van der Waals surface area contributed by atoms with Crippen LogP contribution in [0.4, 0.5) is 0 Å². The lowest BCUT2D eigenvalue weighted by molar-refractivity contribution is -0.139. The summed E-state index contributed by atoms with van der Waals surface area (Å²) in [6.07, 6.45) is 4.04. The van der Waals surface area contributed by atoms with Gasteiger partial charge in [-0.05, 0) is 35.8 Å². The number of nitrogens with zero attached hydrogens (tertiary/aromatic N) is 1. The Bertz CT molecular complexity index is 558. The van der Waals surface area contributed by atoms with E-state index in [9.17, 15) is 4.79 Å². The summed E-state index contributed by atoms with van der Waals surface area (Å²) in [5.74, 6) is 0.301. The van der Waals surface area contributed by atoms with Crippen LogP contribution in [-0.2, 0) is 15.6 Å². The molecule has 1 aliphatic carbocycles. The SMILES string of the molecule is CC(C)(C)c1ccc(C2(C(=O)N3CC[C@H](N)C3)CCC2)cc1.Cl. The topological polar surface area (TPSA) is 46.3 Å². The first-order valence-electron chi connectivity index (χ1n) is 8.49. The van der Waals surface area contributed by atoms with E-state index in [2.05, 4.69) is 45.0 Å². The van der Waals surface area contributed by atoms with Gasteiger partial charge in [-0.25, -0.2) is 0 Å². The van der Waals surface area contributed by atoms with Crippen molar-refractivity contribution in [2.24, 2.45) is 5.73 Å². The Kier molecular flexibility index (Phi) is 5.12. The highest BCUT2D eigenvalue weighted by Gasteiger charge is 2.48. The number of halogens is 1. The van der Waals surface area contributed by atoms with Gasteiger partial charge in [0.05, 0.1) is 5.41 Å². The molecular weight excluding hydrogens is 308 g/mol. The maximum absolute atomic E-state index is 13.0. The largest absolute Gasteiger partial charge is 0.340 e. The van der Waals surface area contributed by atoms with Crippen molar-refractivity contribution < 1.29 is 4.79 Å². The summed E-state index contributed by atoms with van der Waals surface area (Å²) in [5, 5.41) is 0. The lowest BCUT2D eigenvalue weighted by Gasteiger charge is -2.43. The second kappa shape index (κ2) is 6.45. The highest BCUT2D eigenvalue weighted by atomic mass is 35.5. The number of amides is 1. The van der Waals surface area contributed by atoms with E-state index in [-0.39, 0.29) is 29.3 Å². The number of hydrogen-bond acceptors (Lipinski definition) is 2. The molecule has 1 atom stereocenters. The Labute approximate surface area is 146 Å². The average molecular weight is 337 g/mol. The molecule has 2 aliphatic rings. The van der Waals surface area contributed by atoms with Crippen molar-refractivity contribution in [2.75, 3.05) is 13.1 Å². The van der Waals surface area contributed by atoms with Crippen molar-refractivity contribution in [3.63, 3.8) is 0 Å². The molecule has 23 heavy (non-hydrogen) atoms. The van der Waals surface area contributed by atoms with Crippen LogP contribution in [0.5, 0.6) is 0 Å². The van der Waals surface area contributed by atoms with Crippen LogP contribution in [0.3, 0.4) is 0 Å². The minimum Gasteiger partial charge on any atom is -0.340 e. The molecule has 3 nitrogen and oxygen atoms in total. The summed E-state index contributed by atoms with van der Waals surface area (Å²) in [4.78, 5) is 15.0. The first-order chi connectivity index (χ1) is 10.3. The standard InChI is InChI=1S/C19H28N2O.ClH/c1-18(2,3)14-5-7-15(8-6-14)19(10-4-11-19)17(22)21-12-9-16(20)13-21;/h5-8,16H,4,9-13,20H2,1-3H3;1H/t16-;/m0./s1. The van der Waals surface area contributed by atoms with Crippen LogP contribution >= 0.6 is 12.4 Å². The molecule has 0 bridgehead atoms. The average Bonchev–Trinajstić information content (AvgIpc) is 2.83. The van der Waals surface area contributed by atoms with Gasteiger partial charge in [-0.15, -0.1) is 12.4 Å². The molecule has 3 rings (SSSR count). The lowest BCUT2D eigenvalue weighted by Crippen LogP contribution is -2.50. The summed E-state index contributed by atoms with van der Waals surface area (Å²) in [6, 6.07) is 8.89. The van der Waals surface area contributed by atoms with E-state index in [1.54, 1.807) is 0 Å². The molecule has 1 amide bonds. The minimum atomic E-state index is -0.277. The Morgan fingerprint density at radius 3 is 2.22 bits per heavy atom. The van der Waals surface area contributed by atoms with E-state index in [0.29, 0.717) is 5.91 Å². The Morgan fingerprint density at radius 1 is 1.22 bits per heavy atom. The molecule has 1 aromatic carbocycles. The zero-order valence-corrected chi connectivity index (χ0v) is 15.3. The molecule has 0 aromatic heterocycles. The van der Waals surface area contributed by atoms with Crippen LogP contribution in [-0.4, -0.2) is 29.9 Å². The van der Waals surface area contributed by atoms with E-state index >= 15 is 0 Å². The van der Waals surface area contributed by atoms with E-state index in [1.165, 1.54) is 11.1 Å². The van der Waals surface area contributed by atoms with Gasteiger partial charge in [0.2, 0.25) is 5.91 Å². The zero-order chi connectivity index (χ0) is 16.0. The van der Waals surface area contributed by atoms with Gasteiger partial charge >= 0.3 is 0 Å². The van der Waals surface area contributed by atoms with E-state index in [1.807, 2.05) is 4.90 Å². The second-order valence-corrected chi connectivity index (χ2v) is 8.06. The number of benzene rings is 1. The van der Waals surface area contributed by atoms with Gasteiger partial charge in [-0.1, -0.05) is 51.5 Å². The molecule has 1 saturated heterocycles. The van der Waals surface area contributed by atoms with Crippen LogP contribution < -0.4 is 5.73 Å². The molecule has 0 radical (unpaired) electrons. The van der Waals surface area contributed by atoms with E-state index < -0.39 is 0 Å². The summed E-state index contributed by atoms with van der Waals surface area (Å²) in [5.41, 5.74) is 8.36. The van der Waals surface area contributed by atoms with E-state index in [4.69, 9.17) is 5.73 Å². The third kappa shape index (κ3) is 3.27. The van der Waals surface area contributed by atoms with Crippen LogP contribution in [0, 0.1) is 0 Å². The van der Waals surface area contributed by atoms with Gasteiger partial charge in [0, 0.05) is 19.1 Å². The predicted octanol–water partition coefficient (Wildman–Crippen LogP) is 3.39. The van der Waals surface area contributed by atoms with Gasteiger partial charge < -0.3 is 10.6 Å². The van der Waals surface area contributed by atoms with Crippen LogP contribution in [0.2, 0.25) is 0 Å². The quantitative estimate of drug-likeness (QED) is 0.899. The summed E-state index contributed by atoms with van der Waals surface area (Å²) < 4.78 is 0. The maximum atomic E-state index is 13.0. The van der Waals surface area contributed by atoms with Crippen molar-refractivity contribution in [3.05, 3.63) is 35.4 Å². The molecule has 1 aromatic rings. The Balaban J connectivity index is 0.00000192. The molecule has 1 aliphatic heterocycles. The minimum absolute atomic E-state index is 0. The number of nitrogens with two attached hydrogens (primary N) is 1. The summed E-state index contributed by atoms with van der Waals surface area (Å²) in [6.45, 7) is 8.20. The molecule has 1 heterocycles. The highest BCUT2D eigenvalue weighted by Crippen LogP contribution is 2.46. The van der Waals surface area contributed by atoms with Crippen molar-refractivity contribution in [1.82, 2.24) is 4.90 Å². The van der Waals surface area contributed by atoms with Gasteiger partial charge in [-0.2, -0.15) is 0 Å². The zero-order valence-electron chi connectivity index (χ0n) is 14.5. The molecule has 0 spiro atoms. The fourth-order valence-electron chi connectivity index (χ4n) is 3.72. The molecule has 128 valence electrons. The third-order valence-corrected chi connectivity index (χ3v) is 5.43. The number of carbonyl (C=O) groups excluding carboxylic acids is 1. The summed E-state index contributed by atoms with van der Waals surface area (Å²) in [7, 11) is 0. The number of hydrogen-bond donors (Lipinski definition) is 1. The number of likely N-dealkylation sites (tertiary alicyclic amines) is 1. The normalized spacial score (nSPS) is 23.1. The smallest absolute Gasteiger partial charge is 0.233 e. The fourth-order valence-corrected chi connectivity index (χ4v) is 3.72. The lowest BCUT2D eigenvalue weighted by atomic mass is 9.63. The summed E-state index contributed by atoms with van der Waals surface area (Å²) >= 11 is 0. The fraction of sp³-hybridized carbons (Fsp3) is 0.632. The third-order valence-electron chi connectivity index (χ3n) is 5.43. The van der Waals surface area contributed by atoms with Crippen LogP contribution in [0.15, 0.2) is 24.3 Å².